The maximum absolute atomic E-state index is 6.23. The molecule has 3 heterocycles. The predicted octanol–water partition coefficient (Wildman–Crippen LogP) is 4.40. The Hall–Kier alpha value is -2.24. The largest absolute Gasteiger partial charge is 0.365 e. The molecule has 1 fully saturated rings. The van der Waals surface area contributed by atoms with Crippen LogP contribution < -0.4 is 5.32 Å². The minimum Gasteiger partial charge on any atom is -0.365 e. The van der Waals surface area contributed by atoms with Gasteiger partial charge in [-0.05, 0) is 42.5 Å². The molecular weight excluding hydrogens is 370 g/mol. The standard InChI is InChI=1S/C22H26ClN5/c1-2-16-6-3-4-7-17(16)14-25-22-19-8-5-11-24-21(19)26-20(27-22)15-28-12-9-18(23)10-13-28/h3-8,11,18H,2,9-10,12-15H2,1H3,(H,24,25,26,27). The Labute approximate surface area is 171 Å². The van der Waals surface area contributed by atoms with Crippen molar-refractivity contribution in [1.82, 2.24) is 19.9 Å². The Bertz CT molecular complexity index is 937. The molecule has 1 N–H and O–H groups in total. The van der Waals surface area contributed by atoms with Gasteiger partial charge in [-0.15, -0.1) is 11.6 Å². The third-order valence-electron chi connectivity index (χ3n) is 5.35. The third-order valence-corrected chi connectivity index (χ3v) is 5.78. The number of benzene rings is 1. The van der Waals surface area contributed by atoms with Crippen LogP contribution >= 0.6 is 11.6 Å². The monoisotopic (exact) mass is 395 g/mol. The summed E-state index contributed by atoms with van der Waals surface area (Å²) in [6.45, 7) is 5.64. The lowest BCUT2D eigenvalue weighted by Gasteiger charge is -2.28. The number of pyridine rings is 1. The van der Waals surface area contributed by atoms with Crippen LogP contribution in [-0.2, 0) is 19.5 Å². The third kappa shape index (κ3) is 4.42. The molecule has 0 radical (unpaired) electrons. The zero-order chi connectivity index (χ0) is 19.3. The van der Waals surface area contributed by atoms with E-state index in [-0.39, 0.29) is 0 Å². The van der Waals surface area contributed by atoms with E-state index in [2.05, 4.69) is 46.4 Å². The smallest absolute Gasteiger partial charge is 0.165 e. The molecule has 0 amide bonds. The van der Waals surface area contributed by atoms with Crippen molar-refractivity contribution < 1.29 is 0 Å². The molecule has 1 aromatic carbocycles. The lowest BCUT2D eigenvalue weighted by Crippen LogP contribution is -2.34. The van der Waals surface area contributed by atoms with Gasteiger partial charge in [0.25, 0.3) is 0 Å². The molecule has 1 aliphatic heterocycles. The fraction of sp³-hybridized carbons (Fsp3) is 0.409. The lowest BCUT2D eigenvalue weighted by atomic mass is 10.1. The van der Waals surface area contributed by atoms with Crippen molar-refractivity contribution in [3.63, 3.8) is 0 Å². The normalized spacial score (nSPS) is 15.8. The fourth-order valence-electron chi connectivity index (χ4n) is 3.73. The molecule has 0 spiro atoms. The van der Waals surface area contributed by atoms with E-state index in [9.17, 15) is 0 Å². The number of nitrogens with zero attached hydrogens (tertiary/aromatic N) is 4. The fourth-order valence-corrected chi connectivity index (χ4v) is 3.92. The second-order valence-corrected chi connectivity index (χ2v) is 7.91. The summed E-state index contributed by atoms with van der Waals surface area (Å²) in [5.41, 5.74) is 3.40. The van der Waals surface area contributed by atoms with Crippen LogP contribution in [0.3, 0.4) is 0 Å². The van der Waals surface area contributed by atoms with E-state index in [0.29, 0.717) is 5.38 Å². The number of hydrogen-bond acceptors (Lipinski definition) is 5. The molecule has 5 nitrogen and oxygen atoms in total. The predicted molar refractivity (Wildman–Crippen MR) is 115 cm³/mol. The molecule has 3 aromatic rings. The SMILES string of the molecule is CCc1ccccc1CNc1nc(CN2CCC(Cl)CC2)nc2ncccc12. The van der Waals surface area contributed by atoms with E-state index >= 15 is 0 Å². The first-order valence-electron chi connectivity index (χ1n) is 10.0. The van der Waals surface area contributed by atoms with Gasteiger partial charge in [0, 0.05) is 31.2 Å². The molecule has 0 bridgehead atoms. The van der Waals surface area contributed by atoms with Crippen LogP contribution in [-0.4, -0.2) is 38.3 Å². The Morgan fingerprint density at radius 3 is 2.64 bits per heavy atom. The van der Waals surface area contributed by atoms with E-state index in [0.717, 1.165) is 68.1 Å². The summed E-state index contributed by atoms with van der Waals surface area (Å²) in [6.07, 6.45) is 4.85. The first-order chi connectivity index (χ1) is 13.7. The Morgan fingerprint density at radius 2 is 1.86 bits per heavy atom. The highest BCUT2D eigenvalue weighted by molar-refractivity contribution is 6.20. The van der Waals surface area contributed by atoms with Crippen LogP contribution in [0, 0.1) is 0 Å². The molecule has 6 heteroatoms. The maximum atomic E-state index is 6.23. The topological polar surface area (TPSA) is 53.9 Å². The molecule has 0 aliphatic carbocycles. The molecule has 146 valence electrons. The number of alkyl halides is 1. The summed E-state index contributed by atoms with van der Waals surface area (Å²) < 4.78 is 0. The van der Waals surface area contributed by atoms with Crippen molar-refractivity contribution in [1.29, 1.82) is 0 Å². The highest BCUT2D eigenvalue weighted by Crippen LogP contribution is 2.22. The average Bonchev–Trinajstić information content (AvgIpc) is 2.74. The number of piperidine rings is 1. The zero-order valence-electron chi connectivity index (χ0n) is 16.2. The second-order valence-electron chi connectivity index (χ2n) is 7.29. The number of rotatable bonds is 6. The van der Waals surface area contributed by atoms with Crippen LogP contribution in [0.15, 0.2) is 42.6 Å². The van der Waals surface area contributed by atoms with Gasteiger partial charge in [-0.3, -0.25) is 4.90 Å². The van der Waals surface area contributed by atoms with Crippen molar-refractivity contribution in [3.8, 4) is 0 Å². The summed E-state index contributed by atoms with van der Waals surface area (Å²) in [7, 11) is 0. The summed E-state index contributed by atoms with van der Waals surface area (Å²) in [6, 6.07) is 12.5. The van der Waals surface area contributed by atoms with Crippen LogP contribution in [0.25, 0.3) is 11.0 Å². The molecule has 2 aromatic heterocycles. The van der Waals surface area contributed by atoms with Crippen LogP contribution in [0.1, 0.15) is 36.7 Å². The minimum atomic E-state index is 0.298. The molecule has 0 unspecified atom stereocenters. The number of halogens is 1. The van der Waals surface area contributed by atoms with Gasteiger partial charge in [0.15, 0.2) is 5.65 Å². The summed E-state index contributed by atoms with van der Waals surface area (Å²) in [4.78, 5) is 16.4. The number of aromatic nitrogens is 3. The van der Waals surface area contributed by atoms with Crippen molar-refractivity contribution in [2.75, 3.05) is 18.4 Å². The lowest BCUT2D eigenvalue weighted by molar-refractivity contribution is 0.218. The molecule has 0 saturated carbocycles. The average molecular weight is 396 g/mol. The summed E-state index contributed by atoms with van der Waals surface area (Å²) in [5.74, 6) is 1.66. The van der Waals surface area contributed by atoms with E-state index in [1.807, 2.05) is 12.1 Å². The van der Waals surface area contributed by atoms with Crippen molar-refractivity contribution in [2.24, 2.45) is 0 Å². The number of anilines is 1. The molecule has 4 rings (SSSR count). The highest BCUT2D eigenvalue weighted by Gasteiger charge is 2.19. The van der Waals surface area contributed by atoms with E-state index in [1.165, 1.54) is 11.1 Å². The van der Waals surface area contributed by atoms with Gasteiger partial charge in [0.2, 0.25) is 0 Å². The summed E-state index contributed by atoms with van der Waals surface area (Å²) in [5, 5.41) is 4.79. The zero-order valence-corrected chi connectivity index (χ0v) is 17.0. The number of fused-ring (bicyclic) bond motifs is 1. The van der Waals surface area contributed by atoms with Crippen molar-refractivity contribution >= 4 is 28.5 Å². The van der Waals surface area contributed by atoms with Crippen molar-refractivity contribution in [2.45, 2.75) is 44.7 Å². The van der Waals surface area contributed by atoms with Gasteiger partial charge in [-0.25, -0.2) is 15.0 Å². The first kappa shape index (κ1) is 19.1. The Morgan fingerprint density at radius 1 is 1.07 bits per heavy atom. The number of hydrogen-bond donors (Lipinski definition) is 1. The quantitative estimate of drug-likeness (QED) is 0.627. The van der Waals surface area contributed by atoms with Crippen molar-refractivity contribution in [3.05, 3.63) is 59.5 Å². The number of nitrogens with one attached hydrogen (secondary N) is 1. The van der Waals surface area contributed by atoms with Crippen LogP contribution in [0.4, 0.5) is 5.82 Å². The number of aryl methyl sites for hydroxylation is 1. The van der Waals surface area contributed by atoms with Gasteiger partial charge >= 0.3 is 0 Å². The molecule has 0 atom stereocenters. The molecule has 1 saturated heterocycles. The Kier molecular flexibility index (Phi) is 6.03. The molecule has 1 aliphatic rings. The maximum Gasteiger partial charge on any atom is 0.165 e. The van der Waals surface area contributed by atoms with Gasteiger partial charge in [0.1, 0.15) is 11.6 Å². The van der Waals surface area contributed by atoms with Gasteiger partial charge in [-0.1, -0.05) is 31.2 Å². The van der Waals surface area contributed by atoms with Gasteiger partial charge in [-0.2, -0.15) is 0 Å². The van der Waals surface area contributed by atoms with E-state index in [4.69, 9.17) is 21.6 Å². The van der Waals surface area contributed by atoms with Gasteiger partial charge < -0.3 is 5.32 Å². The summed E-state index contributed by atoms with van der Waals surface area (Å²) >= 11 is 6.23. The second kappa shape index (κ2) is 8.84. The van der Waals surface area contributed by atoms with Crippen LogP contribution in [0.2, 0.25) is 0 Å². The van der Waals surface area contributed by atoms with E-state index < -0.39 is 0 Å². The minimum absolute atomic E-state index is 0.298. The van der Waals surface area contributed by atoms with Crippen LogP contribution in [0.5, 0.6) is 0 Å². The highest BCUT2D eigenvalue weighted by atomic mass is 35.5. The Balaban J connectivity index is 1.57. The molecule has 28 heavy (non-hydrogen) atoms. The van der Waals surface area contributed by atoms with Gasteiger partial charge in [0.05, 0.1) is 11.9 Å². The molecular formula is C22H26ClN5. The number of likely N-dealkylation sites (tertiary alicyclic amines) is 1. The first-order valence-corrected chi connectivity index (χ1v) is 10.5. The van der Waals surface area contributed by atoms with E-state index in [1.54, 1.807) is 6.20 Å².